The van der Waals surface area contributed by atoms with E-state index in [0.29, 0.717) is 24.0 Å². The Kier molecular flexibility index (Phi) is 4.25. The van der Waals surface area contributed by atoms with Crippen molar-refractivity contribution in [1.29, 1.82) is 0 Å². The van der Waals surface area contributed by atoms with E-state index < -0.39 is 0 Å². The lowest BCUT2D eigenvalue weighted by molar-refractivity contribution is -0.122. The molecule has 1 N–H and O–H groups in total. The average Bonchev–Trinajstić information content (AvgIpc) is 3.14. The molecule has 0 unspecified atom stereocenters. The second kappa shape index (κ2) is 5.99. The van der Waals surface area contributed by atoms with Crippen LogP contribution in [0.3, 0.4) is 0 Å². The Labute approximate surface area is 130 Å². The number of nitrogens with one attached hydrogen (secondary N) is 1. The molecule has 1 aromatic heterocycles. The fraction of sp³-hybridized carbons (Fsp3) is 0.750. The summed E-state index contributed by atoms with van der Waals surface area (Å²) in [6.07, 6.45) is 6.44. The van der Waals surface area contributed by atoms with Gasteiger partial charge < -0.3 is 9.84 Å². The van der Waals surface area contributed by atoms with Gasteiger partial charge in [-0.1, -0.05) is 11.6 Å². The van der Waals surface area contributed by atoms with Crippen molar-refractivity contribution in [2.75, 3.05) is 0 Å². The first kappa shape index (κ1) is 14.9. The summed E-state index contributed by atoms with van der Waals surface area (Å²) in [4.78, 5) is 12.1. The van der Waals surface area contributed by atoms with Crippen LogP contribution in [0.1, 0.15) is 50.3 Å². The second-order valence-electron chi connectivity index (χ2n) is 6.72. The molecule has 0 saturated heterocycles. The highest BCUT2D eigenvalue weighted by atomic mass is 35.5. The topological polar surface area (TPSA) is 55.1 Å². The third kappa shape index (κ3) is 3.10. The van der Waals surface area contributed by atoms with E-state index in [1.807, 2.05) is 6.92 Å². The number of fused-ring (bicyclic) bond motifs is 2. The summed E-state index contributed by atoms with van der Waals surface area (Å²) in [6, 6.07) is 0.284. The van der Waals surface area contributed by atoms with Crippen LogP contribution in [0, 0.1) is 24.7 Å². The molecule has 116 valence electrons. The highest BCUT2D eigenvalue weighted by Crippen LogP contribution is 2.49. The minimum Gasteiger partial charge on any atom is -0.353 e. The van der Waals surface area contributed by atoms with Crippen LogP contribution in [-0.2, 0) is 11.2 Å². The van der Waals surface area contributed by atoms with Gasteiger partial charge in [-0.05, 0) is 68.9 Å². The normalized spacial score (nSPS) is 28.8. The molecule has 0 aliphatic heterocycles. The largest absolute Gasteiger partial charge is 0.353 e. The Morgan fingerprint density at radius 1 is 1.48 bits per heavy atom. The summed E-state index contributed by atoms with van der Waals surface area (Å²) in [5, 5.41) is 7.29. The van der Waals surface area contributed by atoms with E-state index in [4.69, 9.17) is 16.1 Å². The fourth-order valence-electron chi connectivity index (χ4n) is 4.22. The molecule has 2 aliphatic rings. The zero-order valence-electron chi connectivity index (χ0n) is 12.7. The Morgan fingerprint density at radius 2 is 2.29 bits per heavy atom. The van der Waals surface area contributed by atoms with E-state index in [1.54, 1.807) is 0 Å². The number of aryl methyl sites for hydroxylation is 1. The molecule has 4 atom stereocenters. The second-order valence-corrected chi connectivity index (χ2v) is 7.06. The number of carbonyl (C=O) groups excluding carboxylic acids is 1. The smallest absolute Gasteiger partial charge is 0.229 e. The lowest BCUT2D eigenvalue weighted by Crippen LogP contribution is -2.40. The van der Waals surface area contributed by atoms with Crippen LogP contribution in [0.15, 0.2) is 4.52 Å². The first-order valence-corrected chi connectivity index (χ1v) is 8.32. The molecule has 4 nitrogen and oxygen atoms in total. The summed E-state index contributed by atoms with van der Waals surface area (Å²) >= 11 is 5.92. The van der Waals surface area contributed by atoms with Gasteiger partial charge in [-0.3, -0.25) is 4.79 Å². The fourth-order valence-corrected chi connectivity index (χ4v) is 4.48. The SMILES string of the molecule is Cc1noc(Cl)c1CCC(=O)N[C@H](C)[C@H]1C[C@H]2CC[C@H]1C2. The van der Waals surface area contributed by atoms with Crippen molar-refractivity contribution in [3.05, 3.63) is 16.5 Å². The number of hydrogen-bond donors (Lipinski definition) is 1. The highest BCUT2D eigenvalue weighted by Gasteiger charge is 2.42. The average molecular weight is 311 g/mol. The van der Waals surface area contributed by atoms with Crippen LogP contribution < -0.4 is 5.32 Å². The van der Waals surface area contributed by atoms with Crippen LogP contribution in [0.2, 0.25) is 5.22 Å². The van der Waals surface area contributed by atoms with E-state index >= 15 is 0 Å². The molecule has 0 radical (unpaired) electrons. The number of amides is 1. The van der Waals surface area contributed by atoms with E-state index in [2.05, 4.69) is 17.4 Å². The third-order valence-electron chi connectivity index (χ3n) is 5.36. The van der Waals surface area contributed by atoms with Crippen LogP contribution in [-0.4, -0.2) is 17.1 Å². The van der Waals surface area contributed by atoms with Gasteiger partial charge in [0, 0.05) is 18.0 Å². The highest BCUT2D eigenvalue weighted by molar-refractivity contribution is 6.29. The lowest BCUT2D eigenvalue weighted by atomic mass is 9.84. The molecular formula is C16H23ClN2O2. The Morgan fingerprint density at radius 3 is 2.86 bits per heavy atom. The molecule has 5 heteroatoms. The Balaban J connectivity index is 1.48. The molecule has 2 fully saturated rings. The van der Waals surface area contributed by atoms with Crippen LogP contribution in [0.4, 0.5) is 0 Å². The quantitative estimate of drug-likeness (QED) is 0.905. The van der Waals surface area contributed by atoms with Gasteiger partial charge in [-0.15, -0.1) is 0 Å². The molecular weight excluding hydrogens is 288 g/mol. The number of nitrogens with zero attached hydrogens (tertiary/aromatic N) is 1. The van der Waals surface area contributed by atoms with E-state index in [1.165, 1.54) is 25.7 Å². The van der Waals surface area contributed by atoms with Crippen LogP contribution >= 0.6 is 11.6 Å². The van der Waals surface area contributed by atoms with Gasteiger partial charge in [0.25, 0.3) is 0 Å². The number of rotatable bonds is 5. The van der Waals surface area contributed by atoms with Crippen molar-refractivity contribution in [2.45, 2.75) is 58.4 Å². The molecule has 1 heterocycles. The number of carbonyl (C=O) groups is 1. The third-order valence-corrected chi connectivity index (χ3v) is 5.66. The van der Waals surface area contributed by atoms with Gasteiger partial charge in [-0.25, -0.2) is 0 Å². The van der Waals surface area contributed by atoms with Gasteiger partial charge in [-0.2, -0.15) is 0 Å². The molecule has 3 rings (SSSR count). The molecule has 0 aromatic carbocycles. The van der Waals surface area contributed by atoms with Gasteiger partial charge in [0.15, 0.2) is 0 Å². The molecule has 2 aliphatic carbocycles. The zero-order valence-corrected chi connectivity index (χ0v) is 13.4. The standard InChI is InChI=1S/C16H23ClN2O2/c1-9(14-8-11-3-4-12(14)7-11)18-15(20)6-5-13-10(2)19-21-16(13)17/h9,11-12,14H,3-8H2,1-2H3,(H,18,20)/t9-,11+,12+,14-/m1/s1. The van der Waals surface area contributed by atoms with Crippen LogP contribution in [0.25, 0.3) is 0 Å². The zero-order chi connectivity index (χ0) is 15.0. The maximum Gasteiger partial charge on any atom is 0.229 e. The van der Waals surface area contributed by atoms with Crippen LogP contribution in [0.5, 0.6) is 0 Å². The van der Waals surface area contributed by atoms with E-state index in [0.717, 1.165) is 23.1 Å². The van der Waals surface area contributed by atoms with Crippen molar-refractivity contribution < 1.29 is 9.32 Å². The Hall–Kier alpha value is -1.03. The van der Waals surface area contributed by atoms with Crippen molar-refractivity contribution >= 4 is 17.5 Å². The van der Waals surface area contributed by atoms with E-state index in [9.17, 15) is 4.79 Å². The predicted octanol–water partition coefficient (Wildman–Crippen LogP) is 3.51. The number of hydrogen-bond acceptors (Lipinski definition) is 3. The molecule has 1 amide bonds. The van der Waals surface area contributed by atoms with Crippen molar-refractivity contribution in [2.24, 2.45) is 17.8 Å². The minimum atomic E-state index is 0.0990. The summed E-state index contributed by atoms with van der Waals surface area (Å²) in [5.41, 5.74) is 1.62. The molecule has 21 heavy (non-hydrogen) atoms. The molecule has 1 aromatic rings. The van der Waals surface area contributed by atoms with E-state index in [-0.39, 0.29) is 11.9 Å². The van der Waals surface area contributed by atoms with Crippen molar-refractivity contribution in [1.82, 2.24) is 10.5 Å². The van der Waals surface area contributed by atoms with Crippen molar-refractivity contribution in [3.63, 3.8) is 0 Å². The maximum atomic E-state index is 12.1. The minimum absolute atomic E-state index is 0.0990. The van der Waals surface area contributed by atoms with Crippen molar-refractivity contribution in [3.8, 4) is 0 Å². The first-order valence-electron chi connectivity index (χ1n) is 7.94. The van der Waals surface area contributed by atoms with Gasteiger partial charge in [0.05, 0.1) is 5.69 Å². The predicted molar refractivity (Wildman–Crippen MR) is 81.1 cm³/mol. The molecule has 2 saturated carbocycles. The molecule has 2 bridgehead atoms. The van der Waals surface area contributed by atoms with Gasteiger partial charge in [0.1, 0.15) is 0 Å². The summed E-state index contributed by atoms with van der Waals surface area (Å²) in [5.74, 6) is 2.52. The maximum absolute atomic E-state index is 12.1. The van der Waals surface area contributed by atoms with Gasteiger partial charge >= 0.3 is 0 Å². The summed E-state index contributed by atoms with van der Waals surface area (Å²) in [6.45, 7) is 4.00. The first-order chi connectivity index (χ1) is 10.0. The van der Waals surface area contributed by atoms with Gasteiger partial charge in [0.2, 0.25) is 11.1 Å². The summed E-state index contributed by atoms with van der Waals surface area (Å²) < 4.78 is 4.91. The monoisotopic (exact) mass is 310 g/mol. The Bertz CT molecular complexity index is 509. The number of aromatic nitrogens is 1. The molecule has 0 spiro atoms. The summed E-state index contributed by atoms with van der Waals surface area (Å²) in [7, 11) is 0. The number of halogens is 1. The lowest BCUT2D eigenvalue weighted by Gasteiger charge is -2.28.